The van der Waals surface area contributed by atoms with E-state index in [1.807, 2.05) is 6.07 Å². The van der Waals surface area contributed by atoms with Crippen LogP contribution in [0.25, 0.3) is 10.9 Å². The van der Waals surface area contributed by atoms with Gasteiger partial charge in [0.05, 0.1) is 11.2 Å². The molecule has 2 rings (SSSR count). The second-order valence-corrected chi connectivity index (χ2v) is 4.34. The van der Waals surface area contributed by atoms with Crippen molar-refractivity contribution in [3.63, 3.8) is 0 Å². The third-order valence-corrected chi connectivity index (χ3v) is 3.03. The number of hydrogen-bond acceptors (Lipinski definition) is 2. The standard InChI is InChI=1S/C15H20N2/c1-3-11-16-13(4-2)15-10-9-12-7-5-6-8-14(12)17-15/h5-10,13,16H,3-4,11H2,1-2H3. The smallest absolute Gasteiger partial charge is 0.0706 e. The van der Waals surface area contributed by atoms with Crippen LogP contribution in [0.3, 0.4) is 0 Å². The first kappa shape index (κ1) is 12.1. The maximum Gasteiger partial charge on any atom is 0.0706 e. The number of benzene rings is 1. The number of nitrogens with one attached hydrogen (secondary N) is 1. The van der Waals surface area contributed by atoms with Gasteiger partial charge in [-0.2, -0.15) is 0 Å². The predicted molar refractivity (Wildman–Crippen MR) is 73.1 cm³/mol. The molecule has 0 saturated heterocycles. The van der Waals surface area contributed by atoms with E-state index in [1.165, 1.54) is 5.39 Å². The Kier molecular flexibility index (Phi) is 4.10. The Morgan fingerprint density at radius 1 is 1.12 bits per heavy atom. The molecule has 0 amide bonds. The summed E-state index contributed by atoms with van der Waals surface area (Å²) in [5.74, 6) is 0. The van der Waals surface area contributed by atoms with Crippen LogP contribution in [0.15, 0.2) is 36.4 Å². The summed E-state index contributed by atoms with van der Waals surface area (Å²) in [4.78, 5) is 4.74. The van der Waals surface area contributed by atoms with E-state index in [1.54, 1.807) is 0 Å². The van der Waals surface area contributed by atoms with Crippen LogP contribution < -0.4 is 5.32 Å². The molecule has 2 aromatic rings. The number of nitrogens with zero attached hydrogens (tertiary/aromatic N) is 1. The van der Waals surface area contributed by atoms with Crippen molar-refractivity contribution in [2.75, 3.05) is 6.54 Å². The number of para-hydroxylation sites is 1. The summed E-state index contributed by atoms with van der Waals surface area (Å²) in [6.07, 6.45) is 2.23. The van der Waals surface area contributed by atoms with Gasteiger partial charge in [0.2, 0.25) is 0 Å². The molecule has 1 unspecified atom stereocenters. The van der Waals surface area contributed by atoms with Crippen molar-refractivity contribution >= 4 is 10.9 Å². The van der Waals surface area contributed by atoms with Crippen LogP contribution in [0, 0.1) is 0 Å². The monoisotopic (exact) mass is 228 g/mol. The average Bonchev–Trinajstić information content (AvgIpc) is 2.39. The largest absolute Gasteiger partial charge is 0.309 e. The van der Waals surface area contributed by atoms with Crippen molar-refractivity contribution < 1.29 is 0 Å². The average molecular weight is 228 g/mol. The van der Waals surface area contributed by atoms with Gasteiger partial charge in [-0.05, 0) is 31.5 Å². The Bertz CT molecular complexity index is 479. The molecule has 0 saturated carbocycles. The molecule has 0 aliphatic carbocycles. The highest BCUT2D eigenvalue weighted by molar-refractivity contribution is 5.78. The summed E-state index contributed by atoms with van der Waals surface area (Å²) >= 11 is 0. The molecule has 0 bridgehead atoms. The van der Waals surface area contributed by atoms with Gasteiger partial charge < -0.3 is 5.32 Å². The highest BCUT2D eigenvalue weighted by Crippen LogP contribution is 2.18. The lowest BCUT2D eigenvalue weighted by Crippen LogP contribution is -2.22. The van der Waals surface area contributed by atoms with Crippen LogP contribution in [-0.4, -0.2) is 11.5 Å². The summed E-state index contributed by atoms with van der Waals surface area (Å²) in [5.41, 5.74) is 2.24. The number of hydrogen-bond donors (Lipinski definition) is 1. The van der Waals surface area contributed by atoms with Crippen molar-refractivity contribution in [2.24, 2.45) is 0 Å². The Morgan fingerprint density at radius 2 is 1.94 bits per heavy atom. The van der Waals surface area contributed by atoms with Crippen molar-refractivity contribution in [3.05, 3.63) is 42.1 Å². The molecule has 1 aromatic heterocycles. The van der Waals surface area contributed by atoms with Gasteiger partial charge in [-0.3, -0.25) is 4.98 Å². The van der Waals surface area contributed by atoms with Gasteiger partial charge in [-0.25, -0.2) is 0 Å². The van der Waals surface area contributed by atoms with E-state index in [-0.39, 0.29) is 0 Å². The van der Waals surface area contributed by atoms with Crippen LogP contribution in [0.5, 0.6) is 0 Å². The van der Waals surface area contributed by atoms with Gasteiger partial charge in [0.15, 0.2) is 0 Å². The van der Waals surface area contributed by atoms with Crippen LogP contribution in [0.2, 0.25) is 0 Å². The minimum absolute atomic E-state index is 0.375. The minimum atomic E-state index is 0.375. The van der Waals surface area contributed by atoms with E-state index in [0.29, 0.717) is 6.04 Å². The molecule has 0 radical (unpaired) electrons. The van der Waals surface area contributed by atoms with Gasteiger partial charge in [-0.1, -0.05) is 38.1 Å². The van der Waals surface area contributed by atoms with Crippen LogP contribution in [-0.2, 0) is 0 Å². The molecule has 1 N–H and O–H groups in total. The van der Waals surface area contributed by atoms with Crippen molar-refractivity contribution in [1.29, 1.82) is 0 Å². The highest BCUT2D eigenvalue weighted by atomic mass is 14.9. The van der Waals surface area contributed by atoms with E-state index in [2.05, 4.69) is 49.5 Å². The van der Waals surface area contributed by atoms with Gasteiger partial charge in [-0.15, -0.1) is 0 Å². The fourth-order valence-corrected chi connectivity index (χ4v) is 2.05. The normalized spacial score (nSPS) is 12.8. The Balaban J connectivity index is 2.27. The molecule has 1 aromatic carbocycles. The molecular formula is C15H20N2. The molecule has 1 heterocycles. The zero-order valence-electron chi connectivity index (χ0n) is 10.6. The van der Waals surface area contributed by atoms with E-state index in [0.717, 1.165) is 30.6 Å². The molecule has 17 heavy (non-hydrogen) atoms. The Morgan fingerprint density at radius 3 is 2.71 bits per heavy atom. The minimum Gasteiger partial charge on any atom is -0.309 e. The van der Waals surface area contributed by atoms with Gasteiger partial charge >= 0.3 is 0 Å². The number of pyridine rings is 1. The molecule has 0 aliphatic rings. The maximum absolute atomic E-state index is 4.74. The topological polar surface area (TPSA) is 24.9 Å². The Hall–Kier alpha value is -1.41. The number of aromatic nitrogens is 1. The van der Waals surface area contributed by atoms with E-state index < -0.39 is 0 Å². The summed E-state index contributed by atoms with van der Waals surface area (Å²) in [7, 11) is 0. The quantitative estimate of drug-likeness (QED) is 0.844. The third kappa shape index (κ3) is 2.83. The van der Waals surface area contributed by atoms with Gasteiger partial charge in [0.25, 0.3) is 0 Å². The highest BCUT2D eigenvalue weighted by Gasteiger charge is 2.09. The second-order valence-electron chi connectivity index (χ2n) is 4.34. The summed E-state index contributed by atoms with van der Waals surface area (Å²) in [5, 5.41) is 4.75. The fourth-order valence-electron chi connectivity index (χ4n) is 2.05. The molecule has 0 aliphatic heterocycles. The fraction of sp³-hybridized carbons (Fsp3) is 0.400. The molecule has 90 valence electrons. The SMILES string of the molecule is CCCNC(CC)c1ccc2ccccc2n1. The first-order chi connectivity index (χ1) is 8.35. The lowest BCUT2D eigenvalue weighted by Gasteiger charge is -2.16. The van der Waals surface area contributed by atoms with E-state index in [9.17, 15) is 0 Å². The lowest BCUT2D eigenvalue weighted by atomic mass is 10.1. The van der Waals surface area contributed by atoms with E-state index >= 15 is 0 Å². The zero-order valence-corrected chi connectivity index (χ0v) is 10.6. The van der Waals surface area contributed by atoms with Gasteiger partial charge in [0, 0.05) is 11.4 Å². The molecule has 0 fully saturated rings. The van der Waals surface area contributed by atoms with E-state index in [4.69, 9.17) is 4.98 Å². The predicted octanol–water partition coefficient (Wildman–Crippen LogP) is 3.69. The summed E-state index contributed by atoms with van der Waals surface area (Å²) < 4.78 is 0. The Labute approximate surface area is 103 Å². The van der Waals surface area contributed by atoms with Crippen molar-refractivity contribution in [2.45, 2.75) is 32.7 Å². The first-order valence-electron chi connectivity index (χ1n) is 6.44. The maximum atomic E-state index is 4.74. The van der Waals surface area contributed by atoms with Crippen LogP contribution in [0.4, 0.5) is 0 Å². The van der Waals surface area contributed by atoms with Crippen LogP contribution in [0.1, 0.15) is 38.4 Å². The van der Waals surface area contributed by atoms with Gasteiger partial charge in [0.1, 0.15) is 0 Å². The van der Waals surface area contributed by atoms with Crippen molar-refractivity contribution in [3.8, 4) is 0 Å². The van der Waals surface area contributed by atoms with Crippen LogP contribution >= 0.6 is 0 Å². The summed E-state index contributed by atoms with van der Waals surface area (Å²) in [6.45, 7) is 5.44. The molecule has 1 atom stereocenters. The number of rotatable bonds is 5. The van der Waals surface area contributed by atoms with Crippen molar-refractivity contribution in [1.82, 2.24) is 10.3 Å². The lowest BCUT2D eigenvalue weighted by molar-refractivity contribution is 0.508. The first-order valence-corrected chi connectivity index (χ1v) is 6.44. The molecule has 2 nitrogen and oxygen atoms in total. The molecule has 2 heteroatoms. The second kappa shape index (κ2) is 5.78. The molecule has 0 spiro atoms. The number of fused-ring (bicyclic) bond motifs is 1. The zero-order chi connectivity index (χ0) is 12.1. The third-order valence-electron chi connectivity index (χ3n) is 3.03. The molecular weight excluding hydrogens is 208 g/mol. The summed E-state index contributed by atoms with van der Waals surface area (Å²) in [6, 6.07) is 12.9.